The molecule has 1 aromatic rings. The minimum Gasteiger partial charge on any atom is -0.207 e. The summed E-state index contributed by atoms with van der Waals surface area (Å²) in [5, 5.41) is 0. The fourth-order valence-electron chi connectivity index (χ4n) is 3.16. The van der Waals surface area contributed by atoms with Crippen LogP contribution in [0.3, 0.4) is 0 Å². The van der Waals surface area contributed by atoms with Gasteiger partial charge in [0, 0.05) is 6.04 Å². The maximum Gasteiger partial charge on any atom is 0.250 e. The molecule has 0 aromatic carbocycles. The van der Waals surface area contributed by atoms with E-state index in [9.17, 15) is 8.42 Å². The highest BCUT2D eigenvalue weighted by atomic mass is 79.9. The Balaban J connectivity index is 2.12. The van der Waals surface area contributed by atoms with Gasteiger partial charge in [-0.15, -0.1) is 11.3 Å². The van der Waals surface area contributed by atoms with Crippen LogP contribution < -0.4 is 4.72 Å². The Morgan fingerprint density at radius 2 is 2.05 bits per heavy atom. The summed E-state index contributed by atoms with van der Waals surface area (Å²) in [5.74, 6) is 0.562. The highest BCUT2D eigenvalue weighted by Gasteiger charge is 2.34. The smallest absolute Gasteiger partial charge is 0.207 e. The largest absolute Gasteiger partial charge is 0.250 e. The number of thiophene rings is 1. The fraction of sp³-hybridized carbons (Fsp3) is 0.692. The summed E-state index contributed by atoms with van der Waals surface area (Å²) < 4.78 is 28.7. The van der Waals surface area contributed by atoms with E-state index in [1.54, 1.807) is 12.1 Å². The molecule has 0 spiro atoms. The molecule has 108 valence electrons. The summed E-state index contributed by atoms with van der Waals surface area (Å²) in [6.45, 7) is 6.63. The summed E-state index contributed by atoms with van der Waals surface area (Å²) in [6.07, 6.45) is 2.99. The summed E-state index contributed by atoms with van der Waals surface area (Å²) in [4.78, 5) is 0. The van der Waals surface area contributed by atoms with Crippen molar-refractivity contribution in [2.24, 2.45) is 11.3 Å². The lowest BCUT2D eigenvalue weighted by molar-refractivity contribution is 0.163. The van der Waals surface area contributed by atoms with E-state index in [4.69, 9.17) is 0 Å². The second kappa shape index (κ2) is 5.47. The molecule has 1 aliphatic carbocycles. The number of sulfonamides is 1. The lowest BCUT2D eigenvalue weighted by Gasteiger charge is -2.39. The van der Waals surface area contributed by atoms with E-state index in [0.29, 0.717) is 10.1 Å². The molecule has 0 amide bonds. The van der Waals surface area contributed by atoms with Crippen LogP contribution in [-0.4, -0.2) is 14.5 Å². The fourth-order valence-corrected chi connectivity index (χ4v) is 6.43. The van der Waals surface area contributed by atoms with Crippen LogP contribution in [0.1, 0.15) is 40.0 Å². The number of hydrogen-bond donors (Lipinski definition) is 1. The first kappa shape index (κ1) is 15.5. The van der Waals surface area contributed by atoms with Gasteiger partial charge in [0.1, 0.15) is 4.21 Å². The highest BCUT2D eigenvalue weighted by Crippen LogP contribution is 2.39. The standard InChI is InChI=1S/C13H20BrNO2S2/c1-9-6-10(8-13(2,3)7-9)15-19(16,17)12-5-4-11(14)18-12/h4-5,9-10,15H,6-8H2,1-3H3. The Hall–Kier alpha value is 0.0900. The molecule has 1 saturated carbocycles. The molecule has 1 heterocycles. The molecule has 0 bridgehead atoms. The van der Waals surface area contributed by atoms with Crippen molar-refractivity contribution in [2.45, 2.75) is 50.3 Å². The zero-order valence-electron chi connectivity index (χ0n) is 11.4. The van der Waals surface area contributed by atoms with Crippen molar-refractivity contribution in [3.63, 3.8) is 0 Å². The Bertz CT molecular complexity index is 551. The summed E-state index contributed by atoms with van der Waals surface area (Å²) in [5.41, 5.74) is 0.209. The monoisotopic (exact) mass is 365 g/mol. The summed E-state index contributed by atoms with van der Waals surface area (Å²) in [7, 11) is -3.37. The molecule has 0 saturated heterocycles. The van der Waals surface area contributed by atoms with Crippen LogP contribution in [0.4, 0.5) is 0 Å². The van der Waals surface area contributed by atoms with Crippen LogP contribution in [0, 0.1) is 11.3 Å². The predicted molar refractivity (Wildman–Crippen MR) is 82.9 cm³/mol. The van der Waals surface area contributed by atoms with E-state index in [2.05, 4.69) is 41.4 Å². The van der Waals surface area contributed by atoms with Gasteiger partial charge in [0.05, 0.1) is 3.79 Å². The summed E-state index contributed by atoms with van der Waals surface area (Å²) >= 11 is 4.55. The molecular formula is C13H20BrNO2S2. The van der Waals surface area contributed by atoms with E-state index in [-0.39, 0.29) is 11.5 Å². The van der Waals surface area contributed by atoms with Gasteiger partial charge in [-0.25, -0.2) is 13.1 Å². The molecule has 0 radical (unpaired) electrons. The maximum atomic E-state index is 12.3. The molecule has 2 unspecified atom stereocenters. The van der Waals surface area contributed by atoms with Crippen LogP contribution in [0.5, 0.6) is 0 Å². The molecule has 3 nitrogen and oxygen atoms in total. The zero-order valence-corrected chi connectivity index (χ0v) is 14.7. The Morgan fingerprint density at radius 3 is 2.58 bits per heavy atom. The van der Waals surface area contributed by atoms with Crippen molar-refractivity contribution < 1.29 is 8.42 Å². The summed E-state index contributed by atoms with van der Waals surface area (Å²) in [6, 6.07) is 3.46. The Kier molecular flexibility index (Phi) is 4.45. The molecule has 2 atom stereocenters. The minimum absolute atomic E-state index is 0.0459. The molecule has 1 aliphatic rings. The lowest BCUT2D eigenvalue weighted by Crippen LogP contribution is -2.42. The first-order valence-corrected chi connectivity index (χ1v) is 9.55. The average Bonchev–Trinajstić information content (AvgIpc) is 2.61. The molecule has 1 N–H and O–H groups in total. The van der Waals surface area contributed by atoms with E-state index in [1.807, 2.05) is 0 Å². The third-order valence-electron chi connectivity index (χ3n) is 3.52. The third-order valence-corrected chi connectivity index (χ3v) is 7.16. The van der Waals surface area contributed by atoms with Crippen molar-refractivity contribution in [3.8, 4) is 0 Å². The van der Waals surface area contributed by atoms with Crippen molar-refractivity contribution >= 4 is 37.3 Å². The van der Waals surface area contributed by atoms with Crippen molar-refractivity contribution in [1.82, 2.24) is 4.72 Å². The second-order valence-electron chi connectivity index (χ2n) is 6.29. The molecule has 6 heteroatoms. The van der Waals surface area contributed by atoms with Crippen molar-refractivity contribution in [2.75, 3.05) is 0 Å². The number of halogens is 1. The Labute approximate surface area is 128 Å². The average molecular weight is 366 g/mol. The predicted octanol–water partition coefficient (Wildman–Crippen LogP) is 4.00. The van der Waals surface area contributed by atoms with Gasteiger partial charge in [-0.05, 0) is 58.7 Å². The van der Waals surface area contributed by atoms with Gasteiger partial charge in [0.2, 0.25) is 10.0 Å². The molecule has 1 fully saturated rings. The molecular weight excluding hydrogens is 346 g/mol. The minimum atomic E-state index is -3.37. The van der Waals surface area contributed by atoms with Crippen LogP contribution in [0.2, 0.25) is 0 Å². The van der Waals surface area contributed by atoms with Crippen LogP contribution in [-0.2, 0) is 10.0 Å². The normalized spacial score (nSPS) is 27.4. The van der Waals surface area contributed by atoms with Crippen molar-refractivity contribution in [3.05, 3.63) is 15.9 Å². The molecule has 1 aromatic heterocycles. The van der Waals surface area contributed by atoms with Crippen molar-refractivity contribution in [1.29, 1.82) is 0 Å². The van der Waals surface area contributed by atoms with Gasteiger partial charge in [-0.1, -0.05) is 20.8 Å². The second-order valence-corrected chi connectivity index (χ2v) is 10.7. The first-order valence-electron chi connectivity index (χ1n) is 6.46. The zero-order chi connectivity index (χ0) is 14.3. The topological polar surface area (TPSA) is 46.2 Å². The number of nitrogens with one attached hydrogen (secondary N) is 1. The van der Waals surface area contributed by atoms with Gasteiger partial charge < -0.3 is 0 Å². The SMILES string of the molecule is CC1CC(NS(=O)(=O)c2ccc(Br)s2)CC(C)(C)C1. The third kappa shape index (κ3) is 4.03. The molecule has 19 heavy (non-hydrogen) atoms. The lowest BCUT2D eigenvalue weighted by atomic mass is 9.71. The van der Waals surface area contributed by atoms with Gasteiger partial charge >= 0.3 is 0 Å². The number of rotatable bonds is 3. The van der Waals surface area contributed by atoms with Gasteiger partial charge in [-0.2, -0.15) is 0 Å². The van der Waals surface area contributed by atoms with E-state index in [1.165, 1.54) is 11.3 Å². The maximum absolute atomic E-state index is 12.3. The van der Waals surface area contributed by atoms with E-state index < -0.39 is 10.0 Å². The first-order chi connectivity index (χ1) is 8.68. The quantitative estimate of drug-likeness (QED) is 0.879. The van der Waals surface area contributed by atoms with Crippen LogP contribution in [0.15, 0.2) is 20.1 Å². The highest BCUT2D eigenvalue weighted by molar-refractivity contribution is 9.11. The van der Waals surface area contributed by atoms with E-state index in [0.717, 1.165) is 23.0 Å². The van der Waals surface area contributed by atoms with Gasteiger partial charge in [0.15, 0.2) is 0 Å². The molecule has 2 rings (SSSR count). The van der Waals surface area contributed by atoms with Crippen LogP contribution in [0.25, 0.3) is 0 Å². The Morgan fingerprint density at radius 1 is 1.37 bits per heavy atom. The number of hydrogen-bond acceptors (Lipinski definition) is 3. The van der Waals surface area contributed by atoms with E-state index >= 15 is 0 Å². The van der Waals surface area contributed by atoms with Gasteiger partial charge in [0.25, 0.3) is 0 Å². The van der Waals surface area contributed by atoms with Crippen LogP contribution >= 0.6 is 27.3 Å². The van der Waals surface area contributed by atoms with Gasteiger partial charge in [-0.3, -0.25) is 0 Å². The molecule has 0 aliphatic heterocycles.